The summed E-state index contributed by atoms with van der Waals surface area (Å²) in [5.74, 6) is 1.85. The predicted molar refractivity (Wildman–Crippen MR) is 200 cm³/mol. The Hall–Kier alpha value is -5.98. The van der Waals surface area contributed by atoms with Gasteiger partial charge in [0.1, 0.15) is 11.2 Å². The number of benzene rings is 6. The van der Waals surface area contributed by atoms with Crippen LogP contribution in [0.15, 0.2) is 137 Å². The van der Waals surface area contributed by atoms with Crippen LogP contribution in [-0.4, -0.2) is 19.9 Å². The zero-order valence-corrected chi connectivity index (χ0v) is 27.6. The highest BCUT2D eigenvalue weighted by Gasteiger charge is 2.36. The summed E-state index contributed by atoms with van der Waals surface area (Å²) < 4.78 is 7.77. The highest BCUT2D eigenvalue weighted by atomic mass is 32.1. The number of thiazole rings is 1. The number of fused-ring (bicyclic) bond motifs is 7. The molecule has 5 nitrogen and oxygen atoms in total. The first-order chi connectivity index (χ1) is 24.0. The summed E-state index contributed by atoms with van der Waals surface area (Å²) in [6.07, 6.45) is 0. The van der Waals surface area contributed by atoms with Crippen molar-refractivity contribution in [3.05, 3.63) is 144 Å². The van der Waals surface area contributed by atoms with Gasteiger partial charge in [-0.15, -0.1) is 11.3 Å². The SMILES string of the molecule is CC1(C)c2cc(-c3cc(-c4nc(-c5ccccc5)nc(-c5ccccc5)n4)cc4oc5ccccc5c34)ccc2-c2cc3ncsc3cc21. The molecule has 0 bridgehead atoms. The van der Waals surface area contributed by atoms with Gasteiger partial charge in [0.05, 0.1) is 15.7 Å². The highest BCUT2D eigenvalue weighted by molar-refractivity contribution is 7.16. The van der Waals surface area contributed by atoms with Crippen molar-refractivity contribution >= 4 is 43.5 Å². The van der Waals surface area contributed by atoms with Gasteiger partial charge in [0.2, 0.25) is 0 Å². The summed E-state index contributed by atoms with van der Waals surface area (Å²) in [4.78, 5) is 19.7. The van der Waals surface area contributed by atoms with Crippen molar-refractivity contribution < 1.29 is 4.42 Å². The minimum atomic E-state index is -0.169. The molecule has 9 aromatic rings. The molecule has 0 saturated heterocycles. The first kappa shape index (κ1) is 28.1. The van der Waals surface area contributed by atoms with Gasteiger partial charge in [-0.05, 0) is 69.8 Å². The van der Waals surface area contributed by atoms with Crippen LogP contribution in [0.3, 0.4) is 0 Å². The van der Waals surface area contributed by atoms with Gasteiger partial charge < -0.3 is 4.42 Å². The summed E-state index contributed by atoms with van der Waals surface area (Å²) in [6, 6.07) is 44.2. The van der Waals surface area contributed by atoms with E-state index in [1.807, 2.05) is 78.3 Å². The van der Waals surface area contributed by atoms with Gasteiger partial charge in [0, 0.05) is 32.9 Å². The Bertz CT molecular complexity index is 2690. The third-order valence-corrected chi connectivity index (χ3v) is 10.7. The zero-order chi connectivity index (χ0) is 32.7. The van der Waals surface area contributed by atoms with Crippen LogP contribution in [0.25, 0.3) is 88.6 Å². The zero-order valence-electron chi connectivity index (χ0n) is 26.8. The molecule has 0 fully saturated rings. The molecule has 49 heavy (non-hydrogen) atoms. The lowest BCUT2D eigenvalue weighted by atomic mass is 9.81. The maximum atomic E-state index is 6.55. The van der Waals surface area contributed by atoms with Gasteiger partial charge in [-0.1, -0.05) is 105 Å². The molecule has 0 N–H and O–H groups in total. The average molecular weight is 649 g/mol. The molecule has 10 rings (SSSR count). The maximum absolute atomic E-state index is 6.55. The van der Waals surface area contributed by atoms with Crippen molar-refractivity contribution in [1.82, 2.24) is 19.9 Å². The van der Waals surface area contributed by atoms with E-state index in [1.165, 1.54) is 27.0 Å². The molecule has 3 heterocycles. The molecule has 6 heteroatoms. The fourth-order valence-electron chi connectivity index (χ4n) is 7.40. The van der Waals surface area contributed by atoms with Gasteiger partial charge in [-0.3, -0.25) is 0 Å². The van der Waals surface area contributed by atoms with Crippen LogP contribution < -0.4 is 0 Å². The average Bonchev–Trinajstić information content (AvgIpc) is 3.83. The van der Waals surface area contributed by atoms with E-state index in [1.54, 1.807) is 11.3 Å². The Balaban J connectivity index is 1.21. The van der Waals surface area contributed by atoms with Crippen LogP contribution in [0.5, 0.6) is 0 Å². The van der Waals surface area contributed by atoms with Crippen LogP contribution >= 0.6 is 11.3 Å². The Morgan fingerprint density at radius 3 is 1.92 bits per heavy atom. The lowest BCUT2D eigenvalue weighted by molar-refractivity contribution is 0.661. The van der Waals surface area contributed by atoms with E-state index < -0.39 is 0 Å². The predicted octanol–water partition coefficient (Wildman–Crippen LogP) is 11.4. The standard InChI is InChI=1S/C43H28N4OS/c1-43(2)33-20-27(17-18-29(33)32-22-35-38(23-34(32)43)49-24-44-35)31-19-28(21-37-39(31)30-15-9-10-16-36(30)48-37)42-46-40(25-11-5-3-6-12-25)45-41(47-42)26-13-7-4-8-14-26/h3-24H,1-2H3. The first-order valence-corrected chi connectivity index (χ1v) is 17.2. The number of hydrogen-bond acceptors (Lipinski definition) is 6. The summed E-state index contributed by atoms with van der Waals surface area (Å²) >= 11 is 1.70. The molecular formula is C43H28N4OS. The summed E-state index contributed by atoms with van der Waals surface area (Å²) in [7, 11) is 0. The molecule has 1 aliphatic carbocycles. The van der Waals surface area contributed by atoms with Crippen LogP contribution in [0, 0.1) is 0 Å². The highest BCUT2D eigenvalue weighted by Crippen LogP contribution is 2.52. The normalized spacial score (nSPS) is 13.3. The molecule has 1 aliphatic rings. The summed E-state index contributed by atoms with van der Waals surface area (Å²) in [6.45, 7) is 4.66. The third kappa shape index (κ3) is 4.38. The lowest BCUT2D eigenvalue weighted by Gasteiger charge is -2.22. The van der Waals surface area contributed by atoms with Gasteiger partial charge >= 0.3 is 0 Å². The Morgan fingerprint density at radius 2 is 1.18 bits per heavy atom. The number of hydrogen-bond donors (Lipinski definition) is 0. The number of furan rings is 1. The lowest BCUT2D eigenvalue weighted by Crippen LogP contribution is -2.15. The Labute approximate surface area is 286 Å². The summed E-state index contributed by atoms with van der Waals surface area (Å²) in [5.41, 5.74) is 14.6. The molecule has 0 aliphatic heterocycles. The van der Waals surface area contributed by atoms with Crippen molar-refractivity contribution in [1.29, 1.82) is 0 Å². The third-order valence-electron chi connectivity index (χ3n) is 9.87. The fourth-order valence-corrected chi connectivity index (χ4v) is 8.10. The number of para-hydroxylation sites is 1. The second-order valence-electron chi connectivity index (χ2n) is 13.1. The van der Waals surface area contributed by atoms with Crippen molar-refractivity contribution in [2.24, 2.45) is 0 Å². The molecule has 0 amide bonds. The van der Waals surface area contributed by atoms with Crippen LogP contribution in [-0.2, 0) is 5.41 Å². The van der Waals surface area contributed by atoms with E-state index in [2.05, 4.69) is 73.4 Å². The van der Waals surface area contributed by atoms with E-state index in [9.17, 15) is 0 Å². The van der Waals surface area contributed by atoms with Gasteiger partial charge in [0.15, 0.2) is 17.5 Å². The van der Waals surface area contributed by atoms with Gasteiger partial charge in [-0.2, -0.15) is 0 Å². The Morgan fingerprint density at radius 1 is 0.531 bits per heavy atom. The number of aromatic nitrogens is 4. The van der Waals surface area contributed by atoms with E-state index in [0.29, 0.717) is 17.5 Å². The quantitative estimate of drug-likeness (QED) is 0.190. The molecule has 0 spiro atoms. The van der Waals surface area contributed by atoms with Crippen LogP contribution in [0.2, 0.25) is 0 Å². The molecule has 232 valence electrons. The minimum Gasteiger partial charge on any atom is -0.456 e. The van der Waals surface area contributed by atoms with Gasteiger partial charge in [0.25, 0.3) is 0 Å². The molecule has 0 atom stereocenters. The van der Waals surface area contributed by atoms with Crippen molar-refractivity contribution in [3.8, 4) is 56.4 Å². The van der Waals surface area contributed by atoms with Gasteiger partial charge in [-0.25, -0.2) is 19.9 Å². The van der Waals surface area contributed by atoms with E-state index >= 15 is 0 Å². The molecule has 3 aromatic heterocycles. The van der Waals surface area contributed by atoms with Crippen molar-refractivity contribution in [3.63, 3.8) is 0 Å². The Kier molecular flexibility index (Phi) is 6.02. The molecular weight excluding hydrogens is 621 g/mol. The smallest absolute Gasteiger partial charge is 0.164 e. The molecule has 6 aromatic carbocycles. The van der Waals surface area contributed by atoms with Crippen molar-refractivity contribution in [2.45, 2.75) is 19.3 Å². The summed E-state index contributed by atoms with van der Waals surface area (Å²) in [5, 5.41) is 2.16. The van der Waals surface area contributed by atoms with E-state index in [0.717, 1.165) is 55.3 Å². The van der Waals surface area contributed by atoms with E-state index in [4.69, 9.17) is 19.4 Å². The molecule has 0 unspecified atom stereocenters. The minimum absolute atomic E-state index is 0.169. The number of nitrogens with zero attached hydrogens (tertiary/aromatic N) is 4. The second-order valence-corrected chi connectivity index (χ2v) is 14.0. The molecule has 0 radical (unpaired) electrons. The first-order valence-electron chi connectivity index (χ1n) is 16.4. The van der Waals surface area contributed by atoms with Crippen LogP contribution in [0.1, 0.15) is 25.0 Å². The number of rotatable bonds is 4. The second kappa shape index (κ2) is 10.5. The molecule has 0 saturated carbocycles. The van der Waals surface area contributed by atoms with Crippen LogP contribution in [0.4, 0.5) is 0 Å². The fraction of sp³-hybridized carbons (Fsp3) is 0.0698. The monoisotopic (exact) mass is 648 g/mol. The topological polar surface area (TPSA) is 64.7 Å². The maximum Gasteiger partial charge on any atom is 0.164 e. The van der Waals surface area contributed by atoms with Crippen molar-refractivity contribution in [2.75, 3.05) is 0 Å². The van der Waals surface area contributed by atoms with E-state index in [-0.39, 0.29) is 5.41 Å². The largest absolute Gasteiger partial charge is 0.456 e.